The largest absolute Gasteiger partial charge is 0.334 e. The fourth-order valence-electron chi connectivity index (χ4n) is 1.12. The predicted octanol–water partition coefficient (Wildman–Crippen LogP) is 1.76. The molecule has 0 saturated heterocycles. The molecule has 4 heteroatoms. The lowest BCUT2D eigenvalue weighted by molar-refractivity contribution is 0.418. The van der Waals surface area contributed by atoms with E-state index in [9.17, 15) is 0 Å². The van der Waals surface area contributed by atoms with E-state index in [1.54, 1.807) is 0 Å². The van der Waals surface area contributed by atoms with E-state index in [2.05, 4.69) is 10.1 Å². The first-order chi connectivity index (χ1) is 6.77. The van der Waals surface area contributed by atoms with Crippen LogP contribution >= 0.6 is 0 Å². The molecule has 0 aliphatic carbocycles. The number of aromatic nitrogens is 2. The zero-order chi connectivity index (χ0) is 9.97. The minimum Gasteiger partial charge on any atom is -0.334 e. The van der Waals surface area contributed by atoms with Gasteiger partial charge in [0.15, 0.2) is 5.82 Å². The van der Waals surface area contributed by atoms with Crippen molar-refractivity contribution >= 4 is 0 Å². The van der Waals surface area contributed by atoms with Crippen molar-refractivity contribution in [3.63, 3.8) is 0 Å². The summed E-state index contributed by atoms with van der Waals surface area (Å²) in [6, 6.07) is 9.41. The number of hydrogen-bond donors (Lipinski definition) is 1. The van der Waals surface area contributed by atoms with Crippen LogP contribution in [0.5, 0.6) is 0 Å². The molecule has 0 amide bonds. The maximum Gasteiger partial charge on any atom is 0.257 e. The smallest absolute Gasteiger partial charge is 0.257 e. The number of nitrogens with two attached hydrogens (primary N) is 1. The molecule has 2 N–H and O–H groups in total. The standard InChI is InChI=1S/C10H11N3O/c1-7(11)9-12-10(14-13-9)8-5-3-2-4-6-8/h2-7H,11H2,1H3/t7-/m0/s1. The molecule has 72 valence electrons. The minimum atomic E-state index is -0.198. The lowest BCUT2D eigenvalue weighted by atomic mass is 10.2. The van der Waals surface area contributed by atoms with Crippen LogP contribution < -0.4 is 5.73 Å². The van der Waals surface area contributed by atoms with Crippen LogP contribution in [0.4, 0.5) is 0 Å². The summed E-state index contributed by atoms with van der Waals surface area (Å²) < 4.78 is 5.07. The summed E-state index contributed by atoms with van der Waals surface area (Å²) in [6.07, 6.45) is 0. The molecule has 4 nitrogen and oxygen atoms in total. The Kier molecular flexibility index (Phi) is 2.28. The molecular formula is C10H11N3O. The molecule has 1 aromatic carbocycles. The van der Waals surface area contributed by atoms with E-state index in [1.807, 2.05) is 37.3 Å². The van der Waals surface area contributed by atoms with Crippen LogP contribution in [0.15, 0.2) is 34.9 Å². The van der Waals surface area contributed by atoms with Crippen molar-refractivity contribution < 1.29 is 4.52 Å². The molecule has 0 radical (unpaired) electrons. The lowest BCUT2D eigenvalue weighted by Gasteiger charge is -1.93. The number of hydrogen-bond acceptors (Lipinski definition) is 4. The highest BCUT2D eigenvalue weighted by atomic mass is 16.5. The summed E-state index contributed by atoms with van der Waals surface area (Å²) in [7, 11) is 0. The number of rotatable bonds is 2. The summed E-state index contributed by atoms with van der Waals surface area (Å²) in [5.41, 5.74) is 6.53. The molecule has 1 atom stereocenters. The average Bonchev–Trinajstić information content (AvgIpc) is 2.68. The van der Waals surface area contributed by atoms with Crippen LogP contribution in [0.2, 0.25) is 0 Å². The van der Waals surface area contributed by atoms with Crippen LogP contribution in [0, 0.1) is 0 Å². The molecule has 0 bridgehead atoms. The molecule has 0 fully saturated rings. The van der Waals surface area contributed by atoms with Gasteiger partial charge in [-0.15, -0.1) is 0 Å². The molecule has 0 saturated carbocycles. The van der Waals surface area contributed by atoms with Gasteiger partial charge in [-0.05, 0) is 19.1 Å². The van der Waals surface area contributed by atoms with Crippen LogP contribution in [0.3, 0.4) is 0 Å². The highest BCUT2D eigenvalue weighted by molar-refractivity contribution is 5.51. The fraction of sp³-hybridized carbons (Fsp3) is 0.200. The first kappa shape index (κ1) is 8.90. The van der Waals surface area contributed by atoms with E-state index < -0.39 is 0 Å². The molecule has 0 aliphatic rings. The molecule has 0 spiro atoms. The Balaban J connectivity index is 2.34. The van der Waals surface area contributed by atoms with Crippen LogP contribution in [0.1, 0.15) is 18.8 Å². The predicted molar refractivity (Wildman–Crippen MR) is 52.3 cm³/mol. The third-order valence-corrected chi connectivity index (χ3v) is 1.87. The molecule has 0 unspecified atom stereocenters. The summed E-state index contributed by atoms with van der Waals surface area (Å²) in [5.74, 6) is 1.04. The quantitative estimate of drug-likeness (QED) is 0.781. The van der Waals surface area contributed by atoms with Gasteiger partial charge in [0.2, 0.25) is 0 Å². The minimum absolute atomic E-state index is 0.198. The van der Waals surface area contributed by atoms with Crippen molar-refractivity contribution in [1.82, 2.24) is 10.1 Å². The Morgan fingerprint density at radius 2 is 2.00 bits per heavy atom. The van der Waals surface area contributed by atoms with Crippen molar-refractivity contribution in [3.05, 3.63) is 36.2 Å². The SMILES string of the molecule is C[C@H](N)c1noc(-c2ccccc2)n1. The van der Waals surface area contributed by atoms with E-state index in [0.29, 0.717) is 11.7 Å². The molecule has 2 aromatic rings. The zero-order valence-electron chi connectivity index (χ0n) is 7.84. The topological polar surface area (TPSA) is 64.9 Å². The fourth-order valence-corrected chi connectivity index (χ4v) is 1.12. The second-order valence-corrected chi connectivity index (χ2v) is 3.11. The first-order valence-corrected chi connectivity index (χ1v) is 4.42. The van der Waals surface area contributed by atoms with E-state index in [4.69, 9.17) is 10.3 Å². The Labute approximate surface area is 81.7 Å². The molecular weight excluding hydrogens is 178 g/mol. The number of nitrogens with zero attached hydrogens (tertiary/aromatic N) is 2. The molecule has 14 heavy (non-hydrogen) atoms. The third-order valence-electron chi connectivity index (χ3n) is 1.87. The maximum absolute atomic E-state index is 5.62. The molecule has 1 heterocycles. The van der Waals surface area contributed by atoms with E-state index in [1.165, 1.54) is 0 Å². The van der Waals surface area contributed by atoms with E-state index in [0.717, 1.165) is 5.56 Å². The van der Waals surface area contributed by atoms with Gasteiger partial charge in [-0.3, -0.25) is 0 Å². The van der Waals surface area contributed by atoms with Gasteiger partial charge in [-0.1, -0.05) is 23.4 Å². The van der Waals surface area contributed by atoms with E-state index >= 15 is 0 Å². The van der Waals surface area contributed by atoms with Crippen molar-refractivity contribution in [2.24, 2.45) is 5.73 Å². The second kappa shape index (κ2) is 3.59. The van der Waals surface area contributed by atoms with Gasteiger partial charge in [-0.2, -0.15) is 4.98 Å². The summed E-state index contributed by atoms with van der Waals surface area (Å²) in [4.78, 5) is 4.18. The van der Waals surface area contributed by atoms with Crippen LogP contribution in [0.25, 0.3) is 11.5 Å². The van der Waals surface area contributed by atoms with Gasteiger partial charge in [0.25, 0.3) is 5.89 Å². The second-order valence-electron chi connectivity index (χ2n) is 3.11. The van der Waals surface area contributed by atoms with Gasteiger partial charge >= 0.3 is 0 Å². The van der Waals surface area contributed by atoms with Gasteiger partial charge < -0.3 is 10.3 Å². The van der Waals surface area contributed by atoms with Crippen molar-refractivity contribution in [3.8, 4) is 11.5 Å². The summed E-state index contributed by atoms with van der Waals surface area (Å²) in [6.45, 7) is 1.82. The number of benzene rings is 1. The third kappa shape index (κ3) is 1.65. The van der Waals surface area contributed by atoms with E-state index in [-0.39, 0.29) is 6.04 Å². The highest BCUT2D eigenvalue weighted by Gasteiger charge is 2.10. The Morgan fingerprint density at radius 3 is 2.57 bits per heavy atom. The van der Waals surface area contributed by atoms with Crippen LogP contribution in [-0.2, 0) is 0 Å². The average molecular weight is 189 g/mol. The monoisotopic (exact) mass is 189 g/mol. The molecule has 2 rings (SSSR count). The summed E-state index contributed by atoms with van der Waals surface area (Å²) in [5, 5.41) is 3.78. The van der Waals surface area contributed by atoms with Crippen molar-refractivity contribution in [1.29, 1.82) is 0 Å². The maximum atomic E-state index is 5.62. The normalized spacial score (nSPS) is 12.7. The summed E-state index contributed by atoms with van der Waals surface area (Å²) >= 11 is 0. The van der Waals surface area contributed by atoms with Crippen molar-refractivity contribution in [2.45, 2.75) is 13.0 Å². The Hall–Kier alpha value is -1.68. The lowest BCUT2D eigenvalue weighted by Crippen LogP contribution is -2.06. The van der Waals surface area contributed by atoms with Gasteiger partial charge in [0.1, 0.15) is 0 Å². The zero-order valence-corrected chi connectivity index (χ0v) is 7.84. The van der Waals surface area contributed by atoms with Gasteiger partial charge in [0.05, 0.1) is 6.04 Å². The van der Waals surface area contributed by atoms with Crippen LogP contribution in [-0.4, -0.2) is 10.1 Å². The Morgan fingerprint density at radius 1 is 1.29 bits per heavy atom. The van der Waals surface area contributed by atoms with Gasteiger partial charge in [-0.25, -0.2) is 0 Å². The Bertz CT molecular complexity index is 408. The first-order valence-electron chi connectivity index (χ1n) is 4.42. The molecule has 1 aromatic heterocycles. The van der Waals surface area contributed by atoms with Gasteiger partial charge in [0, 0.05) is 5.56 Å². The van der Waals surface area contributed by atoms with Crippen molar-refractivity contribution in [2.75, 3.05) is 0 Å². The molecule has 0 aliphatic heterocycles. The highest BCUT2D eigenvalue weighted by Crippen LogP contribution is 2.17.